The van der Waals surface area contributed by atoms with E-state index in [0.29, 0.717) is 27.7 Å². The van der Waals surface area contributed by atoms with Crippen molar-refractivity contribution in [3.8, 4) is 17.0 Å². The molecule has 7 nitrogen and oxygen atoms in total. The first-order chi connectivity index (χ1) is 13.5. The van der Waals surface area contributed by atoms with Crippen molar-refractivity contribution in [3.63, 3.8) is 0 Å². The van der Waals surface area contributed by atoms with Gasteiger partial charge in [0.25, 0.3) is 5.69 Å². The molecule has 0 unspecified atom stereocenters. The van der Waals surface area contributed by atoms with E-state index in [0.717, 1.165) is 0 Å². The molecule has 0 fully saturated rings. The van der Waals surface area contributed by atoms with Crippen molar-refractivity contribution in [1.82, 2.24) is 4.98 Å². The van der Waals surface area contributed by atoms with Gasteiger partial charge in [0, 0.05) is 29.2 Å². The SMILES string of the molecule is COc1ccc(F)cc1-c1csc(NC(=O)/C=C/c2cccc([N+](=O)[O-])c2)n1. The number of nitrogens with zero attached hydrogens (tertiary/aromatic N) is 2. The number of nitrogens with one attached hydrogen (secondary N) is 1. The van der Waals surface area contributed by atoms with Gasteiger partial charge in [-0.15, -0.1) is 11.3 Å². The van der Waals surface area contributed by atoms with Crippen LogP contribution in [0.2, 0.25) is 0 Å². The van der Waals surface area contributed by atoms with E-state index in [1.807, 2.05) is 0 Å². The van der Waals surface area contributed by atoms with E-state index in [1.165, 1.54) is 67.0 Å². The minimum atomic E-state index is -0.505. The predicted molar refractivity (Wildman–Crippen MR) is 105 cm³/mol. The Bertz CT molecular complexity index is 1060. The molecular formula is C19H14FN3O4S. The number of halogens is 1. The van der Waals surface area contributed by atoms with Crippen LogP contribution in [-0.2, 0) is 4.79 Å². The van der Waals surface area contributed by atoms with Gasteiger partial charge in [0.1, 0.15) is 11.6 Å². The van der Waals surface area contributed by atoms with Gasteiger partial charge in [-0.05, 0) is 29.8 Å². The number of carbonyl (C=O) groups is 1. The van der Waals surface area contributed by atoms with Crippen LogP contribution in [0, 0.1) is 15.9 Å². The third-order valence-electron chi connectivity index (χ3n) is 3.68. The number of non-ortho nitro benzene ring substituents is 1. The molecule has 0 spiro atoms. The molecule has 1 heterocycles. The number of ether oxygens (including phenoxy) is 1. The van der Waals surface area contributed by atoms with Gasteiger partial charge in [-0.3, -0.25) is 20.2 Å². The fraction of sp³-hybridized carbons (Fsp3) is 0.0526. The maximum absolute atomic E-state index is 13.5. The van der Waals surface area contributed by atoms with Gasteiger partial charge in [-0.1, -0.05) is 12.1 Å². The average molecular weight is 399 g/mol. The van der Waals surface area contributed by atoms with Crippen molar-refractivity contribution >= 4 is 34.1 Å². The molecule has 1 N–H and O–H groups in total. The Hall–Kier alpha value is -3.59. The zero-order valence-corrected chi connectivity index (χ0v) is 15.4. The van der Waals surface area contributed by atoms with Crippen LogP contribution in [0.1, 0.15) is 5.56 Å². The first kappa shape index (κ1) is 19.2. The summed E-state index contributed by atoms with van der Waals surface area (Å²) in [6, 6.07) is 10.0. The number of hydrogen-bond acceptors (Lipinski definition) is 6. The van der Waals surface area contributed by atoms with Gasteiger partial charge in [0.15, 0.2) is 5.13 Å². The average Bonchev–Trinajstić information content (AvgIpc) is 3.15. The molecule has 0 aliphatic carbocycles. The van der Waals surface area contributed by atoms with E-state index in [-0.39, 0.29) is 5.69 Å². The number of thiazole rings is 1. The normalized spacial score (nSPS) is 10.8. The van der Waals surface area contributed by atoms with Crippen LogP contribution in [0.3, 0.4) is 0 Å². The second-order valence-electron chi connectivity index (χ2n) is 5.56. The largest absolute Gasteiger partial charge is 0.496 e. The minimum Gasteiger partial charge on any atom is -0.496 e. The van der Waals surface area contributed by atoms with Crippen molar-refractivity contribution in [2.24, 2.45) is 0 Å². The van der Waals surface area contributed by atoms with E-state index in [4.69, 9.17) is 4.74 Å². The Balaban J connectivity index is 1.72. The molecule has 0 saturated carbocycles. The van der Waals surface area contributed by atoms with Crippen LogP contribution in [0.25, 0.3) is 17.3 Å². The molecule has 1 aromatic heterocycles. The third kappa shape index (κ3) is 4.57. The van der Waals surface area contributed by atoms with Gasteiger partial charge < -0.3 is 4.74 Å². The summed E-state index contributed by atoms with van der Waals surface area (Å²) in [5.74, 6) is -0.400. The molecule has 0 radical (unpaired) electrons. The second kappa shape index (κ2) is 8.40. The molecule has 2 aromatic carbocycles. The quantitative estimate of drug-likeness (QED) is 0.374. The van der Waals surface area contributed by atoms with Crippen LogP contribution in [0.4, 0.5) is 15.2 Å². The molecule has 0 aliphatic rings. The Labute approximate surface area is 163 Å². The fourth-order valence-electron chi connectivity index (χ4n) is 2.40. The highest BCUT2D eigenvalue weighted by atomic mass is 32.1. The Morgan fingerprint density at radius 2 is 2.14 bits per heavy atom. The molecular weight excluding hydrogens is 385 g/mol. The molecule has 9 heteroatoms. The summed E-state index contributed by atoms with van der Waals surface area (Å²) in [5.41, 5.74) is 1.41. The van der Waals surface area contributed by atoms with E-state index in [2.05, 4.69) is 10.3 Å². The van der Waals surface area contributed by atoms with Gasteiger partial charge in [-0.25, -0.2) is 9.37 Å². The van der Waals surface area contributed by atoms with Crippen LogP contribution >= 0.6 is 11.3 Å². The predicted octanol–water partition coefficient (Wildman–Crippen LogP) is 4.52. The summed E-state index contributed by atoms with van der Waals surface area (Å²) < 4.78 is 18.7. The maximum atomic E-state index is 13.5. The highest BCUT2D eigenvalue weighted by Gasteiger charge is 2.12. The minimum absolute atomic E-state index is 0.0591. The first-order valence-electron chi connectivity index (χ1n) is 7.99. The lowest BCUT2D eigenvalue weighted by atomic mass is 10.1. The molecule has 0 saturated heterocycles. The van der Waals surface area contributed by atoms with Crippen molar-refractivity contribution < 1.29 is 18.8 Å². The zero-order valence-electron chi connectivity index (χ0n) is 14.6. The smallest absolute Gasteiger partial charge is 0.270 e. The molecule has 3 aromatic rings. The highest BCUT2D eigenvalue weighted by Crippen LogP contribution is 2.32. The topological polar surface area (TPSA) is 94.4 Å². The third-order valence-corrected chi connectivity index (χ3v) is 4.44. The molecule has 0 atom stereocenters. The van der Waals surface area contributed by atoms with Crippen molar-refractivity contribution in [1.29, 1.82) is 0 Å². The highest BCUT2D eigenvalue weighted by molar-refractivity contribution is 7.14. The number of nitro groups is 1. The van der Waals surface area contributed by atoms with Crippen molar-refractivity contribution in [2.75, 3.05) is 12.4 Å². The maximum Gasteiger partial charge on any atom is 0.270 e. The summed E-state index contributed by atoms with van der Waals surface area (Å²) in [6.45, 7) is 0. The summed E-state index contributed by atoms with van der Waals surface area (Å²) in [4.78, 5) is 26.6. The van der Waals surface area contributed by atoms with Crippen LogP contribution in [0.15, 0.2) is 53.9 Å². The summed E-state index contributed by atoms with van der Waals surface area (Å²) in [5, 5.41) is 15.4. The first-order valence-corrected chi connectivity index (χ1v) is 8.87. The lowest BCUT2D eigenvalue weighted by Gasteiger charge is -2.05. The molecule has 1 amide bonds. The summed E-state index contributed by atoms with van der Waals surface area (Å²) in [7, 11) is 1.48. The Morgan fingerprint density at radius 3 is 2.89 bits per heavy atom. The van der Waals surface area contributed by atoms with Gasteiger partial charge in [-0.2, -0.15) is 0 Å². The number of carbonyl (C=O) groups excluding carboxylic acids is 1. The van der Waals surface area contributed by atoms with Crippen LogP contribution in [0.5, 0.6) is 5.75 Å². The second-order valence-corrected chi connectivity index (χ2v) is 6.42. The summed E-state index contributed by atoms with van der Waals surface area (Å²) >= 11 is 1.18. The lowest BCUT2D eigenvalue weighted by Crippen LogP contribution is -2.07. The van der Waals surface area contributed by atoms with Crippen molar-refractivity contribution in [2.45, 2.75) is 0 Å². The lowest BCUT2D eigenvalue weighted by molar-refractivity contribution is -0.384. The zero-order chi connectivity index (χ0) is 20.1. The van der Waals surface area contributed by atoms with E-state index >= 15 is 0 Å². The van der Waals surface area contributed by atoms with E-state index in [9.17, 15) is 19.3 Å². The number of rotatable bonds is 6. The van der Waals surface area contributed by atoms with E-state index in [1.54, 1.807) is 11.4 Å². The molecule has 0 bridgehead atoms. The molecule has 142 valence electrons. The molecule has 28 heavy (non-hydrogen) atoms. The van der Waals surface area contributed by atoms with E-state index < -0.39 is 16.6 Å². The Kier molecular flexibility index (Phi) is 5.75. The standard InChI is InChI=1S/C19H14FN3O4S/c1-27-17-7-6-13(20)10-15(17)16-11-28-19(21-16)22-18(24)8-5-12-3-2-4-14(9-12)23(25)26/h2-11H,1H3,(H,21,22,24)/b8-5+. The number of methoxy groups -OCH3 is 1. The summed E-state index contributed by atoms with van der Waals surface area (Å²) in [6.07, 6.45) is 2.72. The van der Waals surface area contributed by atoms with Gasteiger partial charge in [0.2, 0.25) is 5.91 Å². The van der Waals surface area contributed by atoms with Gasteiger partial charge in [0.05, 0.1) is 17.7 Å². The number of aromatic nitrogens is 1. The number of benzene rings is 2. The van der Waals surface area contributed by atoms with Crippen LogP contribution in [-0.4, -0.2) is 22.9 Å². The Morgan fingerprint density at radius 1 is 1.32 bits per heavy atom. The van der Waals surface area contributed by atoms with Crippen LogP contribution < -0.4 is 10.1 Å². The van der Waals surface area contributed by atoms with Gasteiger partial charge >= 0.3 is 0 Å². The number of amides is 1. The molecule has 3 rings (SSSR count). The monoisotopic (exact) mass is 399 g/mol. The fourth-order valence-corrected chi connectivity index (χ4v) is 3.11. The number of anilines is 1. The molecule has 0 aliphatic heterocycles. The van der Waals surface area contributed by atoms with Crippen molar-refractivity contribution in [3.05, 3.63) is 75.4 Å². The number of hydrogen-bond donors (Lipinski definition) is 1. The number of nitro benzene ring substituents is 1.